The van der Waals surface area contributed by atoms with Gasteiger partial charge >= 0.3 is 12.1 Å². The molecule has 0 unspecified atom stereocenters. The highest BCUT2D eigenvalue weighted by molar-refractivity contribution is 9.10. The lowest BCUT2D eigenvalue weighted by molar-refractivity contribution is -0.161. The third-order valence-electron chi connectivity index (χ3n) is 4.55. The van der Waals surface area contributed by atoms with Gasteiger partial charge in [-0.25, -0.2) is 4.79 Å². The Hall–Kier alpha value is -1.56. The van der Waals surface area contributed by atoms with Crippen LogP contribution in [0.1, 0.15) is 53.5 Å². The topological polar surface area (TPSA) is 55.8 Å². The summed E-state index contributed by atoms with van der Waals surface area (Å²) in [5, 5.41) is 0. The molecule has 0 radical (unpaired) electrons. The maximum atomic E-state index is 13.0. The molecule has 0 aliphatic carbocycles. The average molecular weight is 454 g/mol. The maximum absolute atomic E-state index is 13.0. The number of likely N-dealkylation sites (tertiary alicyclic amines) is 1. The zero-order valence-electron chi connectivity index (χ0n) is 17.8. The summed E-state index contributed by atoms with van der Waals surface area (Å²) in [6.07, 6.45) is 1.01. The summed E-state index contributed by atoms with van der Waals surface area (Å²) in [6, 6.07) is 7.91. The van der Waals surface area contributed by atoms with Crippen LogP contribution in [0.2, 0.25) is 0 Å². The van der Waals surface area contributed by atoms with E-state index in [9.17, 15) is 9.59 Å². The number of hydrogen-bond acceptors (Lipinski definition) is 4. The highest BCUT2D eigenvalue weighted by atomic mass is 79.9. The summed E-state index contributed by atoms with van der Waals surface area (Å²) >= 11 is 3.58. The normalized spacial score (nSPS) is 18.7. The Labute approximate surface area is 176 Å². The van der Waals surface area contributed by atoms with Crippen LogP contribution in [-0.4, -0.2) is 41.3 Å². The van der Waals surface area contributed by atoms with Crippen molar-refractivity contribution in [2.24, 2.45) is 11.8 Å². The van der Waals surface area contributed by atoms with Gasteiger partial charge < -0.3 is 14.4 Å². The SMILES string of the molecule is CC(C)(C)OC(=O)[C@@H](Cc1ccccc1Br)[C@H]1CCN(C(=O)OC(C)(C)C)C1. The third kappa shape index (κ3) is 6.80. The fraction of sp³-hybridized carbons (Fsp3) is 0.636. The largest absolute Gasteiger partial charge is 0.460 e. The summed E-state index contributed by atoms with van der Waals surface area (Å²) in [7, 11) is 0. The van der Waals surface area contributed by atoms with Gasteiger partial charge in [-0.2, -0.15) is 0 Å². The lowest BCUT2D eigenvalue weighted by Gasteiger charge is -2.28. The van der Waals surface area contributed by atoms with E-state index in [1.54, 1.807) is 4.90 Å². The van der Waals surface area contributed by atoms with Crippen LogP contribution < -0.4 is 0 Å². The molecule has 0 spiro atoms. The number of esters is 1. The smallest absolute Gasteiger partial charge is 0.410 e. The van der Waals surface area contributed by atoms with E-state index < -0.39 is 11.2 Å². The monoisotopic (exact) mass is 453 g/mol. The van der Waals surface area contributed by atoms with Crippen molar-refractivity contribution in [1.82, 2.24) is 4.90 Å². The number of hydrogen-bond donors (Lipinski definition) is 0. The number of carbonyl (C=O) groups excluding carboxylic acids is 2. The summed E-state index contributed by atoms with van der Waals surface area (Å²) in [4.78, 5) is 27.1. The molecule has 0 N–H and O–H groups in total. The van der Waals surface area contributed by atoms with Crippen molar-refractivity contribution < 1.29 is 19.1 Å². The van der Waals surface area contributed by atoms with Gasteiger partial charge in [-0.3, -0.25) is 4.79 Å². The van der Waals surface area contributed by atoms with Gasteiger partial charge in [0.25, 0.3) is 0 Å². The van der Waals surface area contributed by atoms with E-state index in [1.165, 1.54) is 0 Å². The molecule has 1 saturated heterocycles. The molecule has 1 amide bonds. The van der Waals surface area contributed by atoms with E-state index in [-0.39, 0.29) is 23.9 Å². The third-order valence-corrected chi connectivity index (χ3v) is 5.33. The lowest BCUT2D eigenvalue weighted by Crippen LogP contribution is -2.38. The number of amides is 1. The second-order valence-corrected chi connectivity index (χ2v) is 10.3. The van der Waals surface area contributed by atoms with Crippen molar-refractivity contribution in [3.8, 4) is 0 Å². The van der Waals surface area contributed by atoms with Crippen molar-refractivity contribution in [2.45, 2.75) is 65.6 Å². The number of rotatable bonds is 4. The minimum atomic E-state index is -0.549. The second kappa shape index (κ2) is 8.85. The Morgan fingerprint density at radius 3 is 2.29 bits per heavy atom. The first kappa shape index (κ1) is 22.7. The quantitative estimate of drug-likeness (QED) is 0.587. The Bertz CT molecular complexity index is 705. The van der Waals surface area contributed by atoms with E-state index in [4.69, 9.17) is 9.47 Å². The molecular formula is C22H32BrNO4. The lowest BCUT2D eigenvalue weighted by atomic mass is 9.86. The molecule has 0 aromatic heterocycles. The van der Waals surface area contributed by atoms with Crippen molar-refractivity contribution in [2.75, 3.05) is 13.1 Å². The van der Waals surface area contributed by atoms with Gasteiger partial charge in [0.2, 0.25) is 0 Å². The number of nitrogens with zero attached hydrogens (tertiary/aromatic N) is 1. The first-order chi connectivity index (χ1) is 12.9. The van der Waals surface area contributed by atoms with Crippen molar-refractivity contribution in [3.63, 3.8) is 0 Å². The van der Waals surface area contributed by atoms with Gasteiger partial charge in [0.15, 0.2) is 0 Å². The van der Waals surface area contributed by atoms with Crippen LogP contribution in [0, 0.1) is 11.8 Å². The van der Waals surface area contributed by atoms with Crippen LogP contribution >= 0.6 is 15.9 Å². The zero-order chi connectivity index (χ0) is 21.1. The predicted molar refractivity (Wildman–Crippen MR) is 113 cm³/mol. The van der Waals surface area contributed by atoms with Gasteiger partial charge in [-0.15, -0.1) is 0 Å². The molecule has 1 heterocycles. The molecule has 0 bridgehead atoms. The highest BCUT2D eigenvalue weighted by Gasteiger charge is 2.39. The predicted octanol–water partition coefficient (Wildman–Crippen LogP) is 5.21. The van der Waals surface area contributed by atoms with Crippen molar-refractivity contribution >= 4 is 28.0 Å². The minimum absolute atomic E-state index is 0.0366. The van der Waals surface area contributed by atoms with Gasteiger partial charge in [0.1, 0.15) is 11.2 Å². The van der Waals surface area contributed by atoms with Crippen LogP contribution in [0.3, 0.4) is 0 Å². The van der Waals surface area contributed by atoms with Crippen LogP contribution in [0.15, 0.2) is 28.7 Å². The molecule has 1 aliphatic heterocycles. The summed E-state index contributed by atoms with van der Waals surface area (Å²) < 4.78 is 12.2. The number of ether oxygens (including phenoxy) is 2. The zero-order valence-corrected chi connectivity index (χ0v) is 19.3. The Morgan fingerprint density at radius 2 is 1.71 bits per heavy atom. The van der Waals surface area contributed by atoms with E-state index in [1.807, 2.05) is 65.8 Å². The molecule has 1 aromatic carbocycles. The molecule has 28 heavy (non-hydrogen) atoms. The molecule has 2 rings (SSSR count). The second-order valence-electron chi connectivity index (χ2n) is 9.41. The standard InChI is InChI=1S/C22H32BrNO4/c1-21(2,3)27-19(25)17(13-15-9-7-8-10-18(15)23)16-11-12-24(14-16)20(26)28-22(4,5)6/h7-10,16-17H,11-14H2,1-6H3/t16-,17-/m0/s1. The van der Waals surface area contributed by atoms with Gasteiger partial charge in [0.05, 0.1) is 5.92 Å². The fourth-order valence-corrected chi connectivity index (χ4v) is 3.78. The van der Waals surface area contributed by atoms with Crippen molar-refractivity contribution in [3.05, 3.63) is 34.3 Å². The molecule has 156 valence electrons. The van der Waals surface area contributed by atoms with Gasteiger partial charge in [-0.05, 0) is 71.9 Å². The van der Waals surface area contributed by atoms with E-state index >= 15 is 0 Å². The number of halogens is 1. The van der Waals surface area contributed by atoms with Crippen LogP contribution in [0.4, 0.5) is 4.79 Å². The fourth-order valence-electron chi connectivity index (χ4n) is 3.33. The van der Waals surface area contributed by atoms with Crippen LogP contribution in [0.5, 0.6) is 0 Å². The number of carbonyl (C=O) groups is 2. The number of benzene rings is 1. The summed E-state index contributed by atoms with van der Waals surface area (Å²) in [5.74, 6) is -0.487. The first-order valence-electron chi connectivity index (χ1n) is 9.80. The molecule has 6 heteroatoms. The Morgan fingerprint density at radius 1 is 1.11 bits per heavy atom. The van der Waals surface area contributed by atoms with Gasteiger partial charge in [0, 0.05) is 17.6 Å². The van der Waals surface area contributed by atoms with E-state index in [0.29, 0.717) is 19.5 Å². The summed E-state index contributed by atoms with van der Waals surface area (Å²) in [5.41, 5.74) is -0.0180. The Balaban J connectivity index is 2.16. The summed E-state index contributed by atoms with van der Waals surface area (Å²) in [6.45, 7) is 12.3. The minimum Gasteiger partial charge on any atom is -0.460 e. The molecule has 1 aromatic rings. The molecule has 5 nitrogen and oxygen atoms in total. The molecular weight excluding hydrogens is 422 g/mol. The van der Waals surface area contributed by atoms with Crippen LogP contribution in [-0.2, 0) is 20.7 Å². The molecule has 1 fully saturated rings. The average Bonchev–Trinajstić information content (AvgIpc) is 3.00. The van der Waals surface area contributed by atoms with E-state index in [0.717, 1.165) is 16.5 Å². The van der Waals surface area contributed by atoms with E-state index in [2.05, 4.69) is 15.9 Å². The van der Waals surface area contributed by atoms with Crippen LogP contribution in [0.25, 0.3) is 0 Å². The highest BCUT2D eigenvalue weighted by Crippen LogP contribution is 2.32. The molecule has 0 saturated carbocycles. The first-order valence-corrected chi connectivity index (χ1v) is 10.6. The van der Waals surface area contributed by atoms with Crippen molar-refractivity contribution in [1.29, 1.82) is 0 Å². The maximum Gasteiger partial charge on any atom is 0.410 e. The Kier molecular flexibility index (Phi) is 7.18. The molecule has 2 atom stereocenters. The van der Waals surface area contributed by atoms with Gasteiger partial charge in [-0.1, -0.05) is 34.1 Å². The molecule has 1 aliphatic rings.